The van der Waals surface area contributed by atoms with Crippen molar-refractivity contribution in [1.82, 2.24) is 10.3 Å². The van der Waals surface area contributed by atoms with Crippen LogP contribution in [0, 0.1) is 12.8 Å². The molecule has 2 heterocycles. The number of aromatic nitrogens is 1. The first-order chi connectivity index (χ1) is 10.6. The number of rotatable bonds is 4. The van der Waals surface area contributed by atoms with Crippen molar-refractivity contribution in [1.29, 1.82) is 0 Å². The van der Waals surface area contributed by atoms with E-state index in [9.17, 15) is 4.79 Å². The number of amides is 1. The van der Waals surface area contributed by atoms with Gasteiger partial charge in [0, 0.05) is 29.1 Å². The number of carbonyl (C=O) groups excluding carboxylic acids is 1. The van der Waals surface area contributed by atoms with Crippen molar-refractivity contribution < 1.29 is 4.79 Å². The zero-order valence-electron chi connectivity index (χ0n) is 12.4. The highest BCUT2D eigenvalue weighted by Gasteiger charge is 2.23. The number of hydrogen-bond acceptors (Lipinski definition) is 4. The second-order valence-corrected chi connectivity index (χ2v) is 7.11. The predicted octanol–water partition coefficient (Wildman–Crippen LogP) is 3.24. The largest absolute Gasteiger partial charge is 0.316 e. The Hall–Kier alpha value is -1.43. The van der Waals surface area contributed by atoms with Gasteiger partial charge in [0.25, 0.3) is 0 Å². The number of carbonyl (C=O) groups is 1. The second kappa shape index (κ2) is 6.77. The van der Waals surface area contributed by atoms with Gasteiger partial charge in [-0.2, -0.15) is 0 Å². The van der Waals surface area contributed by atoms with E-state index in [-0.39, 0.29) is 11.8 Å². The Morgan fingerprint density at radius 1 is 1.55 bits per heavy atom. The monoisotopic (exact) mass is 335 g/mol. The van der Waals surface area contributed by atoms with Crippen molar-refractivity contribution in [3.05, 3.63) is 45.4 Å². The van der Waals surface area contributed by atoms with E-state index in [1.165, 1.54) is 22.5 Å². The fourth-order valence-electron chi connectivity index (χ4n) is 2.58. The molecule has 0 spiro atoms. The number of thiazole rings is 1. The summed E-state index contributed by atoms with van der Waals surface area (Å²) in [6.07, 6.45) is 3.54. The number of nitrogens with zero attached hydrogens (tertiary/aromatic N) is 1. The van der Waals surface area contributed by atoms with Crippen molar-refractivity contribution in [3.63, 3.8) is 0 Å². The number of hydrogen-bond donors (Lipinski definition) is 2. The molecule has 22 heavy (non-hydrogen) atoms. The molecule has 6 heteroatoms. The first-order valence-corrected chi connectivity index (χ1v) is 8.52. The molecule has 1 aliphatic rings. The summed E-state index contributed by atoms with van der Waals surface area (Å²) >= 11 is 7.51. The third kappa shape index (κ3) is 3.66. The Labute approximate surface area is 138 Å². The Balaban J connectivity index is 1.64. The van der Waals surface area contributed by atoms with Gasteiger partial charge in [-0.15, -0.1) is 11.3 Å². The molecule has 1 aromatic carbocycles. The molecule has 116 valence electrons. The first kappa shape index (κ1) is 15.5. The molecule has 0 saturated carbocycles. The molecule has 1 unspecified atom stereocenters. The first-order valence-electron chi connectivity index (χ1n) is 7.33. The van der Waals surface area contributed by atoms with E-state index in [2.05, 4.69) is 22.5 Å². The zero-order chi connectivity index (χ0) is 15.5. The smallest absolute Gasteiger partial charge is 0.230 e. The van der Waals surface area contributed by atoms with Crippen LogP contribution in [-0.4, -0.2) is 24.0 Å². The van der Waals surface area contributed by atoms with Crippen LogP contribution in [0.2, 0.25) is 5.02 Å². The van der Waals surface area contributed by atoms with E-state index in [1.807, 2.05) is 24.4 Å². The van der Waals surface area contributed by atoms with Crippen molar-refractivity contribution in [2.75, 3.05) is 18.4 Å². The Bertz CT molecular complexity index is 680. The van der Waals surface area contributed by atoms with E-state index in [0.29, 0.717) is 5.13 Å². The molecule has 1 atom stereocenters. The molecule has 1 aromatic heterocycles. The molecule has 1 fully saturated rings. The summed E-state index contributed by atoms with van der Waals surface area (Å²) in [5.74, 6) is 0.124. The molecule has 1 saturated heterocycles. The van der Waals surface area contributed by atoms with Crippen LogP contribution < -0.4 is 10.6 Å². The third-order valence-corrected chi connectivity index (χ3v) is 5.03. The normalized spacial score (nSPS) is 17.6. The van der Waals surface area contributed by atoms with Crippen LogP contribution in [0.4, 0.5) is 5.13 Å². The van der Waals surface area contributed by atoms with Gasteiger partial charge in [-0.25, -0.2) is 4.98 Å². The topological polar surface area (TPSA) is 54.0 Å². The lowest BCUT2D eigenvalue weighted by Crippen LogP contribution is -2.24. The van der Waals surface area contributed by atoms with Gasteiger partial charge >= 0.3 is 0 Å². The van der Waals surface area contributed by atoms with Gasteiger partial charge in [0.15, 0.2) is 5.13 Å². The van der Waals surface area contributed by atoms with Gasteiger partial charge in [-0.3, -0.25) is 4.79 Å². The van der Waals surface area contributed by atoms with Gasteiger partial charge < -0.3 is 10.6 Å². The highest BCUT2D eigenvalue weighted by atomic mass is 35.5. The fraction of sp³-hybridized carbons (Fsp3) is 0.375. The summed E-state index contributed by atoms with van der Waals surface area (Å²) in [6.45, 7) is 3.73. The lowest BCUT2D eigenvalue weighted by Gasteiger charge is -2.06. The summed E-state index contributed by atoms with van der Waals surface area (Å²) in [6, 6.07) is 5.91. The zero-order valence-corrected chi connectivity index (χ0v) is 13.9. The Morgan fingerprint density at radius 3 is 3.14 bits per heavy atom. The number of halogens is 1. The van der Waals surface area contributed by atoms with Gasteiger partial charge in [-0.1, -0.05) is 17.7 Å². The predicted molar refractivity (Wildman–Crippen MR) is 90.7 cm³/mol. The quantitative estimate of drug-likeness (QED) is 0.901. The molecular formula is C16H18ClN3OS. The highest BCUT2D eigenvalue weighted by molar-refractivity contribution is 7.15. The lowest BCUT2D eigenvalue weighted by molar-refractivity contribution is -0.119. The van der Waals surface area contributed by atoms with Crippen molar-refractivity contribution >= 4 is 34.0 Å². The lowest BCUT2D eigenvalue weighted by atomic mass is 10.1. The number of nitrogens with one attached hydrogen (secondary N) is 2. The van der Waals surface area contributed by atoms with Crippen LogP contribution in [0.3, 0.4) is 0 Å². The summed E-state index contributed by atoms with van der Waals surface area (Å²) in [4.78, 5) is 17.5. The number of aryl methyl sites for hydroxylation is 1. The number of benzene rings is 1. The minimum absolute atomic E-state index is 0.0610. The fourth-order valence-corrected chi connectivity index (χ4v) is 3.64. The standard InChI is InChI=1S/C16H18ClN3OS/c1-10-6-13(17)3-2-11(10)7-14-9-19-16(22-14)20-15(21)12-4-5-18-8-12/h2-3,6,9,12,18H,4-5,7-8H2,1H3,(H,19,20,21). The highest BCUT2D eigenvalue weighted by Crippen LogP contribution is 2.24. The van der Waals surface area contributed by atoms with Crippen LogP contribution in [0.5, 0.6) is 0 Å². The van der Waals surface area contributed by atoms with E-state index in [0.717, 1.165) is 35.8 Å². The maximum atomic E-state index is 12.1. The average Bonchev–Trinajstić information content (AvgIpc) is 3.13. The van der Waals surface area contributed by atoms with Crippen molar-refractivity contribution in [2.45, 2.75) is 19.8 Å². The molecule has 2 aromatic rings. The van der Waals surface area contributed by atoms with Gasteiger partial charge in [-0.05, 0) is 43.1 Å². The molecule has 2 N–H and O–H groups in total. The average molecular weight is 336 g/mol. The summed E-state index contributed by atoms with van der Waals surface area (Å²) < 4.78 is 0. The molecule has 0 bridgehead atoms. The van der Waals surface area contributed by atoms with Crippen LogP contribution in [0.15, 0.2) is 24.4 Å². The second-order valence-electron chi connectivity index (χ2n) is 5.56. The van der Waals surface area contributed by atoms with E-state index in [4.69, 9.17) is 11.6 Å². The van der Waals surface area contributed by atoms with Crippen LogP contribution in [-0.2, 0) is 11.2 Å². The van der Waals surface area contributed by atoms with Gasteiger partial charge in [0.05, 0.1) is 5.92 Å². The van der Waals surface area contributed by atoms with E-state index >= 15 is 0 Å². The van der Waals surface area contributed by atoms with Gasteiger partial charge in [0.1, 0.15) is 0 Å². The van der Waals surface area contributed by atoms with E-state index in [1.54, 1.807) is 0 Å². The Kier molecular flexibility index (Phi) is 4.76. The number of anilines is 1. The third-order valence-electron chi connectivity index (χ3n) is 3.88. The summed E-state index contributed by atoms with van der Waals surface area (Å²) in [7, 11) is 0. The summed E-state index contributed by atoms with van der Waals surface area (Å²) in [5.41, 5.74) is 2.40. The molecule has 4 nitrogen and oxygen atoms in total. The SMILES string of the molecule is Cc1cc(Cl)ccc1Cc1cnc(NC(=O)C2CCNC2)s1. The van der Waals surface area contributed by atoms with E-state index < -0.39 is 0 Å². The molecule has 1 aliphatic heterocycles. The minimum atomic E-state index is 0.0610. The maximum absolute atomic E-state index is 12.1. The minimum Gasteiger partial charge on any atom is -0.316 e. The molecule has 0 aliphatic carbocycles. The molecule has 0 radical (unpaired) electrons. The Morgan fingerprint density at radius 2 is 2.41 bits per heavy atom. The van der Waals surface area contributed by atoms with Crippen LogP contribution in [0.25, 0.3) is 0 Å². The van der Waals surface area contributed by atoms with Crippen LogP contribution >= 0.6 is 22.9 Å². The molecular weight excluding hydrogens is 318 g/mol. The van der Waals surface area contributed by atoms with Gasteiger partial charge in [0.2, 0.25) is 5.91 Å². The molecule has 3 rings (SSSR count). The maximum Gasteiger partial charge on any atom is 0.230 e. The molecule has 1 amide bonds. The van der Waals surface area contributed by atoms with Crippen molar-refractivity contribution in [2.24, 2.45) is 5.92 Å². The van der Waals surface area contributed by atoms with Crippen molar-refractivity contribution in [3.8, 4) is 0 Å². The summed E-state index contributed by atoms with van der Waals surface area (Å²) in [5, 5.41) is 7.55. The van der Waals surface area contributed by atoms with Crippen LogP contribution in [0.1, 0.15) is 22.4 Å².